The Morgan fingerprint density at radius 3 is 2.09 bits per heavy atom. The van der Waals surface area contributed by atoms with E-state index in [2.05, 4.69) is 17.6 Å². The molecule has 0 aromatic heterocycles. The van der Waals surface area contributed by atoms with Crippen LogP contribution < -0.4 is 10.6 Å². The van der Waals surface area contributed by atoms with Crippen molar-refractivity contribution >= 4 is 29.1 Å². The zero-order valence-corrected chi connectivity index (χ0v) is 13.8. The number of likely N-dealkylation sites (tertiary alicyclic amines) is 1. The molecule has 1 fully saturated rings. The molecule has 1 aromatic carbocycles. The van der Waals surface area contributed by atoms with Crippen LogP contribution in [0.25, 0.3) is 0 Å². The third kappa shape index (κ3) is 4.81. The lowest BCUT2D eigenvalue weighted by atomic mass is 9.99. The Hall–Kier alpha value is -2.37. The van der Waals surface area contributed by atoms with Gasteiger partial charge in [-0.05, 0) is 37.0 Å². The number of nitrogens with one attached hydrogen (secondary N) is 2. The molecule has 0 spiro atoms. The Kier molecular flexibility index (Phi) is 5.36. The molecule has 1 aromatic rings. The Balaban J connectivity index is 2.29. The molecule has 3 amide bonds. The molecule has 6 nitrogen and oxygen atoms in total. The Morgan fingerprint density at radius 1 is 1.04 bits per heavy atom. The molecule has 23 heavy (non-hydrogen) atoms. The van der Waals surface area contributed by atoms with E-state index in [0.29, 0.717) is 22.9 Å². The van der Waals surface area contributed by atoms with E-state index in [1.807, 2.05) is 4.90 Å². The lowest BCUT2D eigenvalue weighted by molar-refractivity contribution is -0.115. The molecular weight excluding hydrogens is 294 g/mol. The average molecular weight is 317 g/mol. The molecule has 2 N–H and O–H groups in total. The van der Waals surface area contributed by atoms with Crippen molar-refractivity contribution in [3.63, 3.8) is 0 Å². The van der Waals surface area contributed by atoms with Crippen molar-refractivity contribution in [1.29, 1.82) is 0 Å². The van der Waals surface area contributed by atoms with Crippen molar-refractivity contribution in [3.05, 3.63) is 23.8 Å². The number of nitrogens with zero attached hydrogens (tertiary/aromatic N) is 1. The monoisotopic (exact) mass is 317 g/mol. The molecule has 6 heteroatoms. The second-order valence-electron chi connectivity index (χ2n) is 6.16. The van der Waals surface area contributed by atoms with E-state index in [4.69, 9.17) is 0 Å². The molecule has 0 radical (unpaired) electrons. The molecule has 1 aliphatic heterocycles. The van der Waals surface area contributed by atoms with Gasteiger partial charge in [-0.15, -0.1) is 0 Å². The summed E-state index contributed by atoms with van der Waals surface area (Å²) in [5, 5.41) is 5.33. The lowest BCUT2D eigenvalue weighted by Crippen LogP contribution is -2.39. The topological polar surface area (TPSA) is 78.5 Å². The number of carbonyl (C=O) groups is 3. The summed E-state index contributed by atoms with van der Waals surface area (Å²) >= 11 is 0. The first kappa shape index (κ1) is 17.0. The van der Waals surface area contributed by atoms with E-state index < -0.39 is 0 Å². The summed E-state index contributed by atoms with van der Waals surface area (Å²) in [5.74, 6) is -0.0404. The number of amides is 3. The highest BCUT2D eigenvalue weighted by molar-refractivity contribution is 6.00. The first-order chi connectivity index (χ1) is 10.8. The number of benzene rings is 1. The highest BCUT2D eigenvalue weighted by atomic mass is 16.2. The molecular formula is C17H23N3O3. The minimum absolute atomic E-state index is 0.0737. The van der Waals surface area contributed by atoms with Crippen LogP contribution in [0.5, 0.6) is 0 Å². The minimum atomic E-state index is -0.227. The van der Waals surface area contributed by atoms with Crippen LogP contribution >= 0.6 is 0 Å². The Bertz CT molecular complexity index is 593. The van der Waals surface area contributed by atoms with E-state index in [-0.39, 0.29) is 17.7 Å². The van der Waals surface area contributed by atoms with Crippen LogP contribution in [0.2, 0.25) is 0 Å². The zero-order valence-electron chi connectivity index (χ0n) is 13.8. The van der Waals surface area contributed by atoms with E-state index in [1.54, 1.807) is 18.2 Å². The Labute approximate surface area is 136 Å². The molecule has 1 heterocycles. The second kappa shape index (κ2) is 7.26. The van der Waals surface area contributed by atoms with Gasteiger partial charge in [-0.1, -0.05) is 6.92 Å². The summed E-state index contributed by atoms with van der Waals surface area (Å²) < 4.78 is 0. The van der Waals surface area contributed by atoms with E-state index in [9.17, 15) is 14.4 Å². The number of carbonyl (C=O) groups excluding carboxylic acids is 3. The van der Waals surface area contributed by atoms with Crippen molar-refractivity contribution in [2.24, 2.45) is 5.92 Å². The molecule has 124 valence electrons. The Morgan fingerprint density at radius 2 is 1.61 bits per heavy atom. The van der Waals surface area contributed by atoms with Crippen molar-refractivity contribution < 1.29 is 14.4 Å². The van der Waals surface area contributed by atoms with E-state index >= 15 is 0 Å². The van der Waals surface area contributed by atoms with Gasteiger partial charge in [-0.2, -0.15) is 0 Å². The van der Waals surface area contributed by atoms with Crippen molar-refractivity contribution in [1.82, 2.24) is 4.90 Å². The van der Waals surface area contributed by atoms with Gasteiger partial charge in [0.15, 0.2) is 0 Å². The van der Waals surface area contributed by atoms with Gasteiger partial charge in [0.1, 0.15) is 0 Å². The molecule has 1 atom stereocenters. The van der Waals surface area contributed by atoms with Gasteiger partial charge in [0.05, 0.1) is 0 Å². The van der Waals surface area contributed by atoms with Crippen LogP contribution in [-0.2, 0) is 9.59 Å². The highest BCUT2D eigenvalue weighted by Gasteiger charge is 2.22. The van der Waals surface area contributed by atoms with Crippen molar-refractivity contribution in [2.45, 2.75) is 33.6 Å². The fourth-order valence-corrected chi connectivity index (χ4v) is 2.86. The molecule has 0 aliphatic carbocycles. The van der Waals surface area contributed by atoms with Crippen LogP contribution in [0.3, 0.4) is 0 Å². The van der Waals surface area contributed by atoms with Gasteiger partial charge < -0.3 is 15.5 Å². The van der Waals surface area contributed by atoms with Gasteiger partial charge in [0, 0.05) is 43.9 Å². The van der Waals surface area contributed by atoms with Crippen LogP contribution in [0.15, 0.2) is 18.2 Å². The standard InChI is InChI=1S/C17H23N3O3/c1-11-5-4-6-20(10-11)17(23)14-7-15(18-12(2)21)9-16(8-14)19-13(3)22/h7-9,11H,4-6,10H2,1-3H3,(H,18,21)(H,19,22). The minimum Gasteiger partial charge on any atom is -0.338 e. The van der Waals surface area contributed by atoms with Gasteiger partial charge in [-0.3, -0.25) is 14.4 Å². The van der Waals surface area contributed by atoms with Gasteiger partial charge >= 0.3 is 0 Å². The van der Waals surface area contributed by atoms with Crippen LogP contribution in [0.1, 0.15) is 44.0 Å². The molecule has 1 unspecified atom stereocenters. The number of hydrogen-bond donors (Lipinski definition) is 2. The van der Waals surface area contributed by atoms with Gasteiger partial charge in [0.2, 0.25) is 11.8 Å². The average Bonchev–Trinajstić information content (AvgIpc) is 2.44. The number of anilines is 2. The van der Waals surface area contributed by atoms with E-state index in [0.717, 1.165) is 25.9 Å². The summed E-state index contributed by atoms with van der Waals surface area (Å²) in [6, 6.07) is 4.93. The van der Waals surface area contributed by atoms with Crippen LogP contribution in [-0.4, -0.2) is 35.7 Å². The van der Waals surface area contributed by atoms with Crippen molar-refractivity contribution in [3.8, 4) is 0 Å². The second-order valence-corrected chi connectivity index (χ2v) is 6.16. The predicted molar refractivity (Wildman–Crippen MR) is 89.4 cm³/mol. The van der Waals surface area contributed by atoms with Crippen molar-refractivity contribution in [2.75, 3.05) is 23.7 Å². The molecule has 2 rings (SSSR count). The molecule has 1 aliphatic rings. The fraction of sp³-hybridized carbons (Fsp3) is 0.471. The van der Waals surface area contributed by atoms with Crippen LogP contribution in [0, 0.1) is 5.92 Å². The van der Waals surface area contributed by atoms with E-state index in [1.165, 1.54) is 13.8 Å². The number of piperidine rings is 1. The first-order valence-corrected chi connectivity index (χ1v) is 7.84. The summed E-state index contributed by atoms with van der Waals surface area (Å²) in [5.41, 5.74) is 1.46. The number of rotatable bonds is 3. The maximum atomic E-state index is 12.7. The normalized spacial score (nSPS) is 17.5. The molecule has 0 saturated carbocycles. The highest BCUT2D eigenvalue weighted by Crippen LogP contribution is 2.23. The molecule has 1 saturated heterocycles. The SMILES string of the molecule is CC(=O)Nc1cc(NC(C)=O)cc(C(=O)N2CCCC(C)C2)c1. The largest absolute Gasteiger partial charge is 0.338 e. The molecule has 0 bridgehead atoms. The zero-order chi connectivity index (χ0) is 17.0. The number of hydrogen-bond acceptors (Lipinski definition) is 3. The summed E-state index contributed by atoms with van der Waals surface area (Å²) in [6.45, 7) is 6.41. The first-order valence-electron chi connectivity index (χ1n) is 7.84. The predicted octanol–water partition coefficient (Wildman–Crippen LogP) is 2.48. The smallest absolute Gasteiger partial charge is 0.254 e. The summed E-state index contributed by atoms with van der Waals surface area (Å²) in [7, 11) is 0. The third-order valence-corrected chi connectivity index (χ3v) is 3.76. The lowest BCUT2D eigenvalue weighted by Gasteiger charge is -2.31. The fourth-order valence-electron chi connectivity index (χ4n) is 2.86. The summed E-state index contributed by atoms with van der Waals surface area (Å²) in [6.07, 6.45) is 2.13. The van der Waals surface area contributed by atoms with Gasteiger partial charge in [-0.25, -0.2) is 0 Å². The third-order valence-electron chi connectivity index (χ3n) is 3.76. The van der Waals surface area contributed by atoms with Crippen LogP contribution in [0.4, 0.5) is 11.4 Å². The maximum absolute atomic E-state index is 12.7. The summed E-state index contributed by atoms with van der Waals surface area (Å²) in [4.78, 5) is 37.1. The van der Waals surface area contributed by atoms with Gasteiger partial charge in [0.25, 0.3) is 5.91 Å². The quantitative estimate of drug-likeness (QED) is 0.899. The maximum Gasteiger partial charge on any atom is 0.254 e.